The summed E-state index contributed by atoms with van der Waals surface area (Å²) in [6, 6.07) is 10.8. The predicted molar refractivity (Wildman–Crippen MR) is 104 cm³/mol. The average Bonchev–Trinajstić information content (AvgIpc) is 2.54. The molecule has 24 heavy (non-hydrogen) atoms. The second kappa shape index (κ2) is 10.6. The van der Waals surface area contributed by atoms with Gasteiger partial charge in [0, 0.05) is 5.30 Å². The van der Waals surface area contributed by atoms with Crippen molar-refractivity contribution in [2.45, 2.75) is 47.2 Å². The summed E-state index contributed by atoms with van der Waals surface area (Å²) >= 11 is 1.47. The molecule has 0 saturated heterocycles. The van der Waals surface area contributed by atoms with E-state index in [4.69, 9.17) is 0 Å². The molecule has 0 fully saturated rings. The molecule has 0 aromatic heterocycles. The maximum absolute atomic E-state index is 10.4. The Labute approximate surface area is 163 Å². The minimum atomic E-state index is 0.339. The van der Waals surface area contributed by atoms with Gasteiger partial charge in [0.2, 0.25) is 0 Å². The van der Waals surface area contributed by atoms with Crippen LogP contribution in [-0.2, 0) is 25.9 Å². The van der Waals surface area contributed by atoms with Crippen molar-refractivity contribution in [1.82, 2.24) is 0 Å². The Hall–Kier alpha value is -0.366. The monoisotopic (exact) mass is 397 g/mol. The molecule has 0 aliphatic carbocycles. The van der Waals surface area contributed by atoms with Crippen LogP contribution in [0, 0.1) is 20.8 Å². The molecule has 1 N–H and O–H groups in total. The summed E-state index contributed by atoms with van der Waals surface area (Å²) in [6.45, 7) is 11.1. The zero-order valence-electron chi connectivity index (χ0n) is 14.9. The fourth-order valence-electron chi connectivity index (χ4n) is 2.51. The molecule has 0 aliphatic rings. The predicted octanol–water partition coefficient (Wildman–Crippen LogP) is 4.92. The van der Waals surface area contributed by atoms with Crippen molar-refractivity contribution in [3.8, 4) is 5.75 Å². The minimum absolute atomic E-state index is 0.339. The molecule has 0 radical (unpaired) electrons. The van der Waals surface area contributed by atoms with E-state index in [1.54, 1.807) is 0 Å². The number of nitrogens with zero attached hydrogens (tertiary/aromatic N) is 1. The number of phenols is 1. The van der Waals surface area contributed by atoms with Crippen molar-refractivity contribution in [1.29, 1.82) is 0 Å². The van der Waals surface area contributed by atoms with Crippen LogP contribution < -0.4 is 10.6 Å². The number of phenolic OH excluding ortho intramolecular Hbond substituents is 1. The summed E-state index contributed by atoms with van der Waals surface area (Å²) in [6.07, 6.45) is 0. The summed E-state index contributed by atoms with van der Waals surface area (Å²) < 4.78 is 0. The van der Waals surface area contributed by atoms with Gasteiger partial charge in [0.15, 0.2) is 0 Å². The van der Waals surface area contributed by atoms with Crippen LogP contribution in [0.3, 0.4) is 0 Å². The van der Waals surface area contributed by atoms with Gasteiger partial charge >= 0.3 is 28.7 Å². The molecule has 0 amide bonds. The number of rotatable bonds is 5. The molecule has 2 aromatic rings. The number of hydrogen-bond acceptors (Lipinski definition) is 1. The quantitative estimate of drug-likeness (QED) is 0.564. The van der Waals surface area contributed by atoms with E-state index >= 15 is 0 Å². The first-order valence-corrected chi connectivity index (χ1v) is 11.0. The first-order valence-electron chi connectivity index (χ1n) is 7.89. The van der Waals surface area contributed by atoms with Crippen molar-refractivity contribution in [2.24, 2.45) is 0 Å². The molecule has 1 unspecified atom stereocenters. The Bertz CT molecular complexity index is 677. The first-order chi connectivity index (χ1) is 11.4. The fraction of sp³-hybridized carbons (Fsp3) is 0.368. The van der Waals surface area contributed by atoms with Gasteiger partial charge in [-0.15, -0.1) is 12.6 Å². The maximum atomic E-state index is 10.4. The molecule has 5 heteroatoms. The Morgan fingerprint density at radius 1 is 1.12 bits per heavy atom. The summed E-state index contributed by atoms with van der Waals surface area (Å²) in [4.78, 5) is 0. The van der Waals surface area contributed by atoms with Crippen LogP contribution in [-0.4, -0.2) is 11.1 Å². The van der Waals surface area contributed by atoms with Gasteiger partial charge in [0.1, 0.15) is 5.75 Å². The van der Waals surface area contributed by atoms with Crippen molar-refractivity contribution in [3.63, 3.8) is 0 Å². The molecule has 2 aromatic carbocycles. The van der Waals surface area contributed by atoms with Crippen LogP contribution in [0.5, 0.6) is 5.75 Å². The van der Waals surface area contributed by atoms with Crippen LogP contribution in [0.2, 0.25) is 0 Å². The Balaban J connectivity index is 0.00000139. The van der Waals surface area contributed by atoms with Gasteiger partial charge in [-0.3, -0.25) is 0 Å². The number of aromatic hydroxyl groups is 1. The van der Waals surface area contributed by atoms with Crippen LogP contribution in [0.15, 0.2) is 30.3 Å². The van der Waals surface area contributed by atoms with E-state index in [1.807, 2.05) is 13.0 Å². The fourth-order valence-corrected chi connectivity index (χ4v) is 4.00. The molecule has 1 atom stereocenters. The molecular formula is C19H25ClNOPTi. The molecule has 0 spiro atoms. The van der Waals surface area contributed by atoms with Gasteiger partial charge in [-0.05, 0) is 48.8 Å². The molecule has 0 aliphatic heterocycles. The number of benzene rings is 2. The molecular weight excluding hydrogens is 373 g/mol. The van der Waals surface area contributed by atoms with Gasteiger partial charge in [0.05, 0.1) is 0 Å². The van der Waals surface area contributed by atoms with Crippen LogP contribution in [0.25, 0.3) is 5.32 Å². The molecule has 0 bridgehead atoms. The van der Waals surface area contributed by atoms with Crippen LogP contribution in [0.4, 0.5) is 0 Å². The normalized spacial score (nSPS) is 10.9. The van der Waals surface area contributed by atoms with E-state index in [1.165, 1.54) is 41.4 Å². The van der Waals surface area contributed by atoms with E-state index in [-0.39, 0.29) is 0 Å². The van der Waals surface area contributed by atoms with Crippen molar-refractivity contribution >= 4 is 28.5 Å². The van der Waals surface area contributed by atoms with Gasteiger partial charge in [-0.1, -0.05) is 52.3 Å². The topological polar surface area (TPSA) is 34.3 Å². The SMILES string of the molecule is Cc1cc(C)c(O)c(Pc2c(C)cccc2C[N-]C(C)C)c1.[Cl][Ti+]. The van der Waals surface area contributed by atoms with Crippen molar-refractivity contribution in [3.05, 3.63) is 57.9 Å². The second-order valence-electron chi connectivity index (χ2n) is 6.15. The second-order valence-corrected chi connectivity index (χ2v) is 7.44. The molecule has 0 heterocycles. The number of hydrogen-bond donors (Lipinski definition) is 1. The van der Waals surface area contributed by atoms with Gasteiger partial charge in [-0.2, -0.15) is 0 Å². The zero-order valence-corrected chi connectivity index (χ0v) is 18.3. The Kier molecular flexibility index (Phi) is 9.56. The summed E-state index contributed by atoms with van der Waals surface area (Å²) in [5.74, 6) is 0.430. The van der Waals surface area contributed by atoms with E-state index in [2.05, 4.69) is 66.6 Å². The van der Waals surface area contributed by atoms with Gasteiger partial charge in [0.25, 0.3) is 0 Å². The summed E-state index contributed by atoms with van der Waals surface area (Å²) in [7, 11) is 5.10. The molecule has 2 rings (SSSR count). The number of aryl methyl sites for hydroxylation is 3. The first kappa shape index (κ1) is 21.7. The Morgan fingerprint density at radius 3 is 2.42 bits per heavy atom. The van der Waals surface area contributed by atoms with E-state index in [0.717, 1.165) is 17.4 Å². The van der Waals surface area contributed by atoms with Crippen LogP contribution in [0.1, 0.15) is 36.1 Å². The third kappa shape index (κ3) is 6.17. The average molecular weight is 398 g/mol. The standard InChI is InChI=1S/C19H25NOP.ClH.Ti/c1-12(2)20-11-16-8-6-7-14(4)19(16)22-17-10-13(3)9-15(5)18(17)21;;/h6-10,12,21-22H,11H2,1-5H3;1H;/q-1;;+2/p-1. The Morgan fingerprint density at radius 2 is 1.79 bits per heavy atom. The third-order valence-corrected chi connectivity index (χ3v) is 5.31. The van der Waals surface area contributed by atoms with Gasteiger partial charge < -0.3 is 10.4 Å². The van der Waals surface area contributed by atoms with Crippen molar-refractivity contribution < 1.29 is 24.5 Å². The molecule has 128 valence electrons. The van der Waals surface area contributed by atoms with Crippen molar-refractivity contribution in [2.75, 3.05) is 0 Å². The van der Waals surface area contributed by atoms with Crippen LogP contribution >= 0.6 is 17.9 Å². The van der Waals surface area contributed by atoms with E-state index in [0.29, 0.717) is 20.4 Å². The van der Waals surface area contributed by atoms with Gasteiger partial charge in [-0.25, -0.2) is 0 Å². The van der Waals surface area contributed by atoms with E-state index in [9.17, 15) is 5.11 Å². The molecule has 2 nitrogen and oxygen atoms in total. The zero-order chi connectivity index (χ0) is 18.3. The molecule has 0 saturated carbocycles. The number of halogens is 1. The third-order valence-electron chi connectivity index (χ3n) is 3.69. The summed E-state index contributed by atoms with van der Waals surface area (Å²) in [5, 5.41) is 17.3. The summed E-state index contributed by atoms with van der Waals surface area (Å²) in [5.41, 5.74) is 4.68. The van der Waals surface area contributed by atoms with E-state index < -0.39 is 0 Å².